The Balaban J connectivity index is 1.47. The Kier molecular flexibility index (Phi) is 3.81. The SMILES string of the molecule is Cn1cc(N2CC[C@H](Sc3ncn(-c4ccccc4)n3)C2=O)cn1. The van der Waals surface area contributed by atoms with Crippen molar-refractivity contribution in [3.8, 4) is 5.69 Å². The number of aryl methyl sites for hydroxylation is 1. The van der Waals surface area contributed by atoms with Crippen LogP contribution in [-0.2, 0) is 11.8 Å². The summed E-state index contributed by atoms with van der Waals surface area (Å²) in [5.74, 6) is 0.0871. The van der Waals surface area contributed by atoms with Crippen LogP contribution in [0.2, 0.25) is 0 Å². The number of aromatic nitrogens is 5. The van der Waals surface area contributed by atoms with Crippen LogP contribution in [0, 0.1) is 0 Å². The largest absolute Gasteiger partial charge is 0.308 e. The lowest BCUT2D eigenvalue weighted by Gasteiger charge is -2.13. The lowest BCUT2D eigenvalue weighted by molar-refractivity contribution is -0.116. The quantitative estimate of drug-likeness (QED) is 0.725. The van der Waals surface area contributed by atoms with Gasteiger partial charge in [0.2, 0.25) is 11.1 Å². The second kappa shape index (κ2) is 6.12. The minimum atomic E-state index is -0.156. The van der Waals surface area contributed by atoms with Crippen molar-refractivity contribution in [3.63, 3.8) is 0 Å². The summed E-state index contributed by atoms with van der Waals surface area (Å²) in [6, 6.07) is 9.80. The van der Waals surface area contributed by atoms with Gasteiger partial charge in [-0.25, -0.2) is 9.67 Å². The second-order valence-corrected chi connectivity index (χ2v) is 6.73. The van der Waals surface area contributed by atoms with Crippen LogP contribution >= 0.6 is 11.8 Å². The molecular formula is C16H16N6OS. The Hall–Kier alpha value is -2.61. The van der Waals surface area contributed by atoms with Crippen LogP contribution < -0.4 is 4.90 Å². The number of carbonyl (C=O) groups excluding carboxylic acids is 1. The maximum atomic E-state index is 12.6. The lowest BCUT2D eigenvalue weighted by atomic mass is 10.3. The number of nitrogens with zero attached hydrogens (tertiary/aromatic N) is 6. The van der Waals surface area contributed by atoms with E-state index in [2.05, 4.69) is 15.2 Å². The Morgan fingerprint density at radius 1 is 1.21 bits per heavy atom. The molecule has 1 fully saturated rings. The molecule has 0 unspecified atom stereocenters. The molecule has 3 heterocycles. The Labute approximate surface area is 143 Å². The molecule has 7 nitrogen and oxygen atoms in total. The van der Waals surface area contributed by atoms with Crippen LogP contribution in [0.3, 0.4) is 0 Å². The van der Waals surface area contributed by atoms with Crippen molar-refractivity contribution in [1.82, 2.24) is 24.5 Å². The number of carbonyl (C=O) groups is 1. The van der Waals surface area contributed by atoms with Gasteiger partial charge in [0.15, 0.2) is 0 Å². The Bertz CT molecular complexity index is 858. The van der Waals surface area contributed by atoms with Crippen LogP contribution in [0.4, 0.5) is 5.69 Å². The van der Waals surface area contributed by atoms with Crippen molar-refractivity contribution in [2.45, 2.75) is 16.8 Å². The first kappa shape index (κ1) is 14.9. The van der Waals surface area contributed by atoms with Gasteiger partial charge in [0.05, 0.1) is 22.8 Å². The molecule has 24 heavy (non-hydrogen) atoms. The first-order chi connectivity index (χ1) is 11.7. The fourth-order valence-corrected chi connectivity index (χ4v) is 3.65. The van der Waals surface area contributed by atoms with E-state index in [1.54, 1.807) is 26.8 Å². The lowest BCUT2D eigenvalue weighted by Crippen LogP contribution is -2.27. The van der Waals surface area contributed by atoms with Gasteiger partial charge < -0.3 is 4.90 Å². The summed E-state index contributed by atoms with van der Waals surface area (Å²) in [5, 5.41) is 9.05. The molecule has 1 atom stereocenters. The number of rotatable bonds is 4. The zero-order valence-corrected chi connectivity index (χ0v) is 13.9. The first-order valence-electron chi connectivity index (χ1n) is 7.64. The molecule has 4 rings (SSSR count). The standard InChI is InChI=1S/C16H16N6OS/c1-20-10-13(9-18-20)21-8-7-14(15(21)23)24-16-17-11-22(19-16)12-5-3-2-4-6-12/h2-6,9-11,14H,7-8H2,1H3/t14-/m0/s1. The van der Waals surface area contributed by atoms with E-state index < -0.39 is 0 Å². The molecule has 0 radical (unpaired) electrons. The van der Waals surface area contributed by atoms with Gasteiger partial charge in [-0.2, -0.15) is 5.10 Å². The third kappa shape index (κ3) is 2.80. The molecule has 0 saturated carbocycles. The summed E-state index contributed by atoms with van der Waals surface area (Å²) in [7, 11) is 1.84. The molecule has 1 aromatic carbocycles. The molecule has 3 aromatic rings. The molecule has 1 aliphatic heterocycles. The van der Waals surface area contributed by atoms with Crippen molar-refractivity contribution < 1.29 is 4.79 Å². The van der Waals surface area contributed by atoms with E-state index in [1.165, 1.54) is 11.8 Å². The van der Waals surface area contributed by atoms with Gasteiger partial charge in [-0.3, -0.25) is 9.48 Å². The molecule has 8 heteroatoms. The molecule has 0 bridgehead atoms. The highest BCUT2D eigenvalue weighted by atomic mass is 32.2. The third-order valence-corrected chi connectivity index (χ3v) is 5.02. The summed E-state index contributed by atoms with van der Waals surface area (Å²) < 4.78 is 3.42. The van der Waals surface area contributed by atoms with Crippen LogP contribution in [-0.4, -0.2) is 42.2 Å². The van der Waals surface area contributed by atoms with E-state index >= 15 is 0 Å². The van der Waals surface area contributed by atoms with Crippen LogP contribution in [0.25, 0.3) is 5.69 Å². The van der Waals surface area contributed by atoms with Crippen molar-refractivity contribution in [1.29, 1.82) is 0 Å². The van der Waals surface area contributed by atoms with Crippen molar-refractivity contribution >= 4 is 23.4 Å². The number of amides is 1. The number of para-hydroxylation sites is 1. The molecule has 2 aromatic heterocycles. The minimum absolute atomic E-state index is 0.0871. The van der Waals surface area contributed by atoms with Crippen LogP contribution in [0.1, 0.15) is 6.42 Å². The van der Waals surface area contributed by atoms with Crippen LogP contribution in [0.5, 0.6) is 0 Å². The summed E-state index contributed by atoms with van der Waals surface area (Å²) in [6.45, 7) is 0.696. The van der Waals surface area contributed by atoms with Gasteiger partial charge in [0.25, 0.3) is 0 Å². The van der Waals surface area contributed by atoms with E-state index in [0.717, 1.165) is 17.8 Å². The van der Waals surface area contributed by atoms with Gasteiger partial charge in [-0.15, -0.1) is 5.10 Å². The predicted octanol–water partition coefficient (Wildman–Crippen LogP) is 1.90. The molecule has 1 saturated heterocycles. The van der Waals surface area contributed by atoms with Gasteiger partial charge in [0.1, 0.15) is 6.33 Å². The summed E-state index contributed by atoms with van der Waals surface area (Å²) in [4.78, 5) is 18.7. The van der Waals surface area contributed by atoms with E-state index in [4.69, 9.17) is 0 Å². The Morgan fingerprint density at radius 3 is 2.79 bits per heavy atom. The van der Waals surface area contributed by atoms with Crippen molar-refractivity contribution in [2.75, 3.05) is 11.4 Å². The normalized spacial score (nSPS) is 17.6. The molecule has 1 amide bonds. The number of hydrogen-bond acceptors (Lipinski definition) is 5. The maximum Gasteiger partial charge on any atom is 0.240 e. The maximum absolute atomic E-state index is 12.6. The third-order valence-electron chi connectivity index (χ3n) is 3.90. The van der Waals surface area contributed by atoms with Crippen molar-refractivity contribution in [3.05, 3.63) is 49.1 Å². The van der Waals surface area contributed by atoms with Crippen molar-refractivity contribution in [2.24, 2.45) is 7.05 Å². The fraction of sp³-hybridized carbons (Fsp3) is 0.250. The predicted molar refractivity (Wildman–Crippen MR) is 91.2 cm³/mol. The van der Waals surface area contributed by atoms with E-state index in [0.29, 0.717) is 11.7 Å². The second-order valence-electron chi connectivity index (χ2n) is 5.56. The molecule has 122 valence electrons. The smallest absolute Gasteiger partial charge is 0.240 e. The van der Waals surface area contributed by atoms with Crippen LogP contribution in [0.15, 0.2) is 54.2 Å². The highest BCUT2D eigenvalue weighted by Gasteiger charge is 2.34. The van der Waals surface area contributed by atoms with Gasteiger partial charge in [0, 0.05) is 19.8 Å². The number of hydrogen-bond donors (Lipinski definition) is 0. The highest BCUT2D eigenvalue weighted by Crippen LogP contribution is 2.31. The number of benzene rings is 1. The summed E-state index contributed by atoms with van der Waals surface area (Å²) in [6.07, 6.45) is 6.02. The fourth-order valence-electron chi connectivity index (χ4n) is 2.70. The zero-order valence-electron chi connectivity index (χ0n) is 13.1. The molecule has 0 spiro atoms. The number of anilines is 1. The van der Waals surface area contributed by atoms with E-state index in [9.17, 15) is 4.79 Å². The summed E-state index contributed by atoms with van der Waals surface area (Å²) in [5.41, 5.74) is 1.79. The Morgan fingerprint density at radius 2 is 2.04 bits per heavy atom. The van der Waals surface area contributed by atoms with E-state index in [1.807, 2.05) is 43.6 Å². The molecular weight excluding hydrogens is 324 g/mol. The average molecular weight is 340 g/mol. The van der Waals surface area contributed by atoms with E-state index in [-0.39, 0.29) is 11.2 Å². The van der Waals surface area contributed by atoms with Gasteiger partial charge >= 0.3 is 0 Å². The monoisotopic (exact) mass is 340 g/mol. The molecule has 0 N–H and O–H groups in total. The topological polar surface area (TPSA) is 68.8 Å². The minimum Gasteiger partial charge on any atom is -0.308 e. The first-order valence-corrected chi connectivity index (χ1v) is 8.52. The summed E-state index contributed by atoms with van der Waals surface area (Å²) >= 11 is 1.42. The van der Waals surface area contributed by atoms with Gasteiger partial charge in [-0.05, 0) is 18.6 Å². The average Bonchev–Trinajstić information content (AvgIpc) is 3.31. The zero-order chi connectivity index (χ0) is 16.5. The number of thioether (sulfide) groups is 1. The molecule has 0 aliphatic carbocycles. The van der Waals surface area contributed by atoms with Gasteiger partial charge in [-0.1, -0.05) is 30.0 Å². The highest BCUT2D eigenvalue weighted by molar-refractivity contribution is 8.00. The molecule has 1 aliphatic rings.